The molecule has 0 radical (unpaired) electrons. The van der Waals surface area contributed by atoms with Gasteiger partial charge in [-0.15, -0.1) is 0 Å². The number of nitrogens with one attached hydrogen (secondary N) is 1. The lowest BCUT2D eigenvalue weighted by atomic mass is 9.98. The van der Waals surface area contributed by atoms with Crippen LogP contribution < -0.4 is 0 Å². The number of benzene rings is 2. The lowest BCUT2D eigenvalue weighted by Crippen LogP contribution is -2.03. The molecule has 21 heavy (non-hydrogen) atoms. The van der Waals surface area contributed by atoms with Crippen molar-refractivity contribution in [2.24, 2.45) is 0 Å². The molecule has 0 amide bonds. The Balaban J connectivity index is 2.18. The first-order chi connectivity index (χ1) is 10.1. The predicted molar refractivity (Wildman–Crippen MR) is 85.3 cm³/mol. The highest BCUT2D eigenvalue weighted by atomic mass is 79.9. The first kappa shape index (κ1) is 13.6. The van der Waals surface area contributed by atoms with E-state index in [0.29, 0.717) is 16.7 Å². The summed E-state index contributed by atoms with van der Waals surface area (Å²) >= 11 is 3.40. The number of carbonyl (C=O) groups is 1. The molecule has 0 saturated carbocycles. The molecule has 0 aliphatic rings. The highest BCUT2D eigenvalue weighted by Crippen LogP contribution is 2.25. The van der Waals surface area contributed by atoms with Gasteiger partial charge in [-0.05, 0) is 42.8 Å². The van der Waals surface area contributed by atoms with Crippen molar-refractivity contribution in [3.63, 3.8) is 0 Å². The zero-order valence-corrected chi connectivity index (χ0v) is 12.9. The number of aromatic nitrogens is 1. The van der Waals surface area contributed by atoms with E-state index in [4.69, 9.17) is 5.26 Å². The quantitative estimate of drug-likeness (QED) is 0.706. The molecule has 0 aliphatic heterocycles. The summed E-state index contributed by atoms with van der Waals surface area (Å²) in [6.45, 7) is 1.91. The molecule has 1 N–H and O–H groups in total. The number of carbonyl (C=O) groups excluding carboxylic acids is 1. The van der Waals surface area contributed by atoms with Gasteiger partial charge in [-0.25, -0.2) is 0 Å². The van der Waals surface area contributed by atoms with E-state index in [1.54, 1.807) is 18.3 Å². The summed E-state index contributed by atoms with van der Waals surface area (Å²) in [6, 6.07) is 13.0. The van der Waals surface area contributed by atoms with Crippen LogP contribution in [0.25, 0.3) is 10.9 Å². The second-order valence-corrected chi connectivity index (χ2v) is 5.78. The Morgan fingerprint density at radius 3 is 2.76 bits per heavy atom. The van der Waals surface area contributed by atoms with Crippen LogP contribution >= 0.6 is 15.9 Å². The summed E-state index contributed by atoms with van der Waals surface area (Å²) in [5.41, 5.74) is 3.57. The van der Waals surface area contributed by atoms with Crippen molar-refractivity contribution >= 4 is 32.6 Å². The molecular weight excluding hydrogens is 328 g/mol. The molecule has 0 unspecified atom stereocenters. The second-order valence-electron chi connectivity index (χ2n) is 4.86. The molecule has 0 atom stereocenters. The smallest absolute Gasteiger partial charge is 0.195 e. The normalized spacial score (nSPS) is 10.5. The Morgan fingerprint density at radius 1 is 1.19 bits per heavy atom. The molecule has 102 valence electrons. The molecule has 0 bridgehead atoms. The van der Waals surface area contributed by atoms with Crippen LogP contribution in [0.15, 0.2) is 47.1 Å². The van der Waals surface area contributed by atoms with Gasteiger partial charge in [-0.3, -0.25) is 4.79 Å². The van der Waals surface area contributed by atoms with Crippen LogP contribution in [0.3, 0.4) is 0 Å². The third kappa shape index (κ3) is 2.37. The highest BCUT2D eigenvalue weighted by Gasteiger charge is 2.16. The van der Waals surface area contributed by atoms with Gasteiger partial charge in [-0.2, -0.15) is 5.26 Å². The van der Waals surface area contributed by atoms with Gasteiger partial charge < -0.3 is 4.98 Å². The first-order valence-electron chi connectivity index (χ1n) is 6.42. The van der Waals surface area contributed by atoms with E-state index in [1.165, 1.54) is 0 Å². The van der Waals surface area contributed by atoms with Crippen molar-refractivity contribution in [3.05, 3.63) is 69.3 Å². The second kappa shape index (κ2) is 5.19. The molecule has 0 aliphatic carbocycles. The van der Waals surface area contributed by atoms with Crippen LogP contribution in [0.4, 0.5) is 0 Å². The van der Waals surface area contributed by atoms with Crippen molar-refractivity contribution in [3.8, 4) is 6.07 Å². The number of nitrogens with zero attached hydrogens (tertiary/aromatic N) is 1. The topological polar surface area (TPSA) is 56.6 Å². The Bertz CT molecular complexity index is 903. The number of aromatic amines is 1. The van der Waals surface area contributed by atoms with Gasteiger partial charge >= 0.3 is 0 Å². The molecule has 0 saturated heterocycles. The molecule has 0 spiro atoms. The summed E-state index contributed by atoms with van der Waals surface area (Å²) < 4.78 is 0.869. The molecule has 3 rings (SSSR count). The Morgan fingerprint density at radius 2 is 2.00 bits per heavy atom. The van der Waals surface area contributed by atoms with E-state index in [1.807, 2.05) is 31.2 Å². The minimum absolute atomic E-state index is 0.0462. The Labute approximate surface area is 130 Å². The number of aryl methyl sites for hydroxylation is 1. The van der Waals surface area contributed by atoms with Crippen molar-refractivity contribution < 1.29 is 4.79 Å². The molecule has 4 heteroatoms. The van der Waals surface area contributed by atoms with E-state index in [-0.39, 0.29) is 5.78 Å². The minimum atomic E-state index is -0.0462. The van der Waals surface area contributed by atoms with Gasteiger partial charge in [0, 0.05) is 32.7 Å². The SMILES string of the molecule is Cc1ccc(Br)cc1C(=O)c1c[nH]c2ccc(C#N)cc12. The van der Waals surface area contributed by atoms with Crippen molar-refractivity contribution in [2.45, 2.75) is 6.92 Å². The van der Waals surface area contributed by atoms with Gasteiger partial charge in [0.05, 0.1) is 11.6 Å². The van der Waals surface area contributed by atoms with Crippen LogP contribution in [0, 0.1) is 18.3 Å². The molecular formula is C17H11BrN2O. The molecule has 2 aromatic carbocycles. The van der Waals surface area contributed by atoms with Crippen LogP contribution in [-0.4, -0.2) is 10.8 Å². The summed E-state index contributed by atoms with van der Waals surface area (Å²) in [7, 11) is 0. The number of H-pyrrole nitrogens is 1. The van der Waals surface area contributed by atoms with Crippen molar-refractivity contribution in [1.29, 1.82) is 5.26 Å². The maximum atomic E-state index is 12.8. The predicted octanol–water partition coefficient (Wildman–Crippen LogP) is 4.34. The number of hydrogen-bond acceptors (Lipinski definition) is 2. The summed E-state index contributed by atoms with van der Waals surface area (Å²) in [4.78, 5) is 15.9. The molecule has 3 aromatic rings. The molecule has 1 aromatic heterocycles. The number of halogens is 1. The standard InChI is InChI=1S/C17H11BrN2O/c1-10-2-4-12(18)7-13(10)17(21)15-9-20-16-5-3-11(8-19)6-14(15)16/h2-7,9,20H,1H3. The van der Waals surface area contributed by atoms with Crippen LogP contribution in [0.1, 0.15) is 27.0 Å². The third-order valence-corrected chi connectivity index (χ3v) is 3.99. The number of rotatable bonds is 2. The average molecular weight is 339 g/mol. The first-order valence-corrected chi connectivity index (χ1v) is 7.21. The van der Waals surface area contributed by atoms with Crippen molar-refractivity contribution in [2.75, 3.05) is 0 Å². The zero-order valence-electron chi connectivity index (χ0n) is 11.3. The molecule has 3 nitrogen and oxygen atoms in total. The van der Waals surface area contributed by atoms with Crippen molar-refractivity contribution in [1.82, 2.24) is 4.98 Å². The molecule has 0 fully saturated rings. The lowest BCUT2D eigenvalue weighted by molar-refractivity contribution is 0.103. The number of fused-ring (bicyclic) bond motifs is 1. The fourth-order valence-corrected chi connectivity index (χ4v) is 2.72. The van der Waals surface area contributed by atoms with Crippen LogP contribution in [0.2, 0.25) is 0 Å². The van der Waals surface area contributed by atoms with Gasteiger partial charge in [0.25, 0.3) is 0 Å². The summed E-state index contributed by atoms with van der Waals surface area (Å²) in [6.07, 6.45) is 1.70. The minimum Gasteiger partial charge on any atom is -0.360 e. The maximum absolute atomic E-state index is 12.8. The maximum Gasteiger partial charge on any atom is 0.195 e. The van der Waals surface area contributed by atoms with Gasteiger partial charge in [-0.1, -0.05) is 22.0 Å². The highest BCUT2D eigenvalue weighted by molar-refractivity contribution is 9.10. The fraction of sp³-hybridized carbons (Fsp3) is 0.0588. The number of ketones is 1. The van der Waals surface area contributed by atoms with Crippen LogP contribution in [0.5, 0.6) is 0 Å². The Kier molecular flexibility index (Phi) is 3.36. The zero-order chi connectivity index (χ0) is 15.0. The van der Waals surface area contributed by atoms with E-state index in [9.17, 15) is 4.79 Å². The summed E-state index contributed by atoms with van der Waals surface area (Å²) in [5.74, 6) is -0.0462. The lowest BCUT2D eigenvalue weighted by Gasteiger charge is -2.05. The largest absolute Gasteiger partial charge is 0.360 e. The van der Waals surface area contributed by atoms with Crippen LogP contribution in [-0.2, 0) is 0 Å². The molecule has 1 heterocycles. The third-order valence-electron chi connectivity index (χ3n) is 3.50. The van der Waals surface area contributed by atoms with Gasteiger partial charge in [0.2, 0.25) is 0 Å². The van der Waals surface area contributed by atoms with E-state index < -0.39 is 0 Å². The average Bonchev–Trinajstić information content (AvgIpc) is 2.91. The van der Waals surface area contributed by atoms with E-state index in [2.05, 4.69) is 27.0 Å². The number of hydrogen-bond donors (Lipinski definition) is 1. The van der Waals surface area contributed by atoms with E-state index in [0.717, 1.165) is 20.9 Å². The van der Waals surface area contributed by atoms with E-state index >= 15 is 0 Å². The monoisotopic (exact) mass is 338 g/mol. The fourth-order valence-electron chi connectivity index (χ4n) is 2.36. The van der Waals surface area contributed by atoms with Gasteiger partial charge in [0.15, 0.2) is 5.78 Å². The Hall–Kier alpha value is -2.38. The van der Waals surface area contributed by atoms with Gasteiger partial charge in [0.1, 0.15) is 0 Å². The number of nitriles is 1. The summed E-state index contributed by atoms with van der Waals surface area (Å²) in [5, 5.41) is 9.79.